The van der Waals surface area contributed by atoms with E-state index in [9.17, 15) is 0 Å². The van der Waals surface area contributed by atoms with Crippen molar-refractivity contribution < 1.29 is 0 Å². The third-order valence-electron chi connectivity index (χ3n) is 2.35. The zero-order valence-electron chi connectivity index (χ0n) is 7.70. The van der Waals surface area contributed by atoms with Crippen molar-refractivity contribution >= 4 is 23.5 Å². The standard InChI is InChI=1S/C11H13NS/c1-12-6-4-10-8-9(5-7-13)2-3-11(10)12/h2-4,6,8,13H,5,7H2,1H3. The van der Waals surface area contributed by atoms with Crippen LogP contribution >= 0.6 is 12.6 Å². The highest BCUT2D eigenvalue weighted by Crippen LogP contribution is 2.16. The van der Waals surface area contributed by atoms with Crippen LogP contribution in [0, 0.1) is 0 Å². The van der Waals surface area contributed by atoms with Gasteiger partial charge < -0.3 is 4.57 Å². The molecule has 1 nitrogen and oxygen atoms in total. The van der Waals surface area contributed by atoms with Gasteiger partial charge in [0.1, 0.15) is 0 Å². The van der Waals surface area contributed by atoms with Gasteiger partial charge in [0, 0.05) is 18.8 Å². The monoisotopic (exact) mass is 191 g/mol. The quantitative estimate of drug-likeness (QED) is 0.696. The number of benzene rings is 1. The Hall–Kier alpha value is -0.890. The van der Waals surface area contributed by atoms with Crippen LogP contribution in [0.3, 0.4) is 0 Å². The van der Waals surface area contributed by atoms with Gasteiger partial charge in [0.05, 0.1) is 0 Å². The maximum absolute atomic E-state index is 4.23. The van der Waals surface area contributed by atoms with E-state index in [1.54, 1.807) is 0 Å². The summed E-state index contributed by atoms with van der Waals surface area (Å²) in [6.45, 7) is 0. The lowest BCUT2D eigenvalue weighted by Crippen LogP contribution is -1.87. The predicted octanol–water partition coefficient (Wildman–Crippen LogP) is 2.65. The van der Waals surface area contributed by atoms with Crippen LogP contribution in [0.15, 0.2) is 30.5 Å². The Morgan fingerprint density at radius 1 is 1.31 bits per heavy atom. The minimum Gasteiger partial charge on any atom is -0.351 e. The molecule has 13 heavy (non-hydrogen) atoms. The summed E-state index contributed by atoms with van der Waals surface area (Å²) in [7, 11) is 2.07. The molecule has 1 heterocycles. The summed E-state index contributed by atoms with van der Waals surface area (Å²) in [5.74, 6) is 0.915. The number of fused-ring (bicyclic) bond motifs is 1. The Bertz CT molecular complexity index is 417. The first kappa shape index (κ1) is 8.70. The van der Waals surface area contributed by atoms with Gasteiger partial charge in [-0.3, -0.25) is 0 Å². The molecule has 1 aromatic heterocycles. The molecular formula is C11H13NS. The molecular weight excluding hydrogens is 178 g/mol. The molecule has 2 heteroatoms. The average Bonchev–Trinajstić information content (AvgIpc) is 2.48. The smallest absolute Gasteiger partial charge is 0.0477 e. The Morgan fingerprint density at radius 3 is 2.92 bits per heavy atom. The van der Waals surface area contributed by atoms with Gasteiger partial charge in [0.15, 0.2) is 0 Å². The number of hydrogen-bond donors (Lipinski definition) is 1. The SMILES string of the molecule is Cn1ccc2cc(CCS)ccc21. The lowest BCUT2D eigenvalue weighted by Gasteiger charge is -1.99. The molecule has 0 N–H and O–H groups in total. The molecule has 0 bridgehead atoms. The highest BCUT2D eigenvalue weighted by Gasteiger charge is 1.98. The summed E-state index contributed by atoms with van der Waals surface area (Å²) >= 11 is 4.23. The number of nitrogens with zero attached hydrogens (tertiary/aromatic N) is 1. The highest BCUT2D eigenvalue weighted by molar-refractivity contribution is 7.80. The third kappa shape index (κ3) is 1.59. The van der Waals surface area contributed by atoms with Gasteiger partial charge in [-0.25, -0.2) is 0 Å². The molecule has 0 amide bonds. The zero-order chi connectivity index (χ0) is 9.26. The summed E-state index contributed by atoms with van der Waals surface area (Å²) in [5, 5.41) is 1.32. The van der Waals surface area contributed by atoms with E-state index in [-0.39, 0.29) is 0 Å². The van der Waals surface area contributed by atoms with Gasteiger partial charge in [-0.2, -0.15) is 12.6 Å². The average molecular weight is 191 g/mol. The molecule has 0 atom stereocenters. The second kappa shape index (κ2) is 3.46. The van der Waals surface area contributed by atoms with Gasteiger partial charge in [-0.1, -0.05) is 6.07 Å². The van der Waals surface area contributed by atoms with Crippen LogP contribution in [0.2, 0.25) is 0 Å². The van der Waals surface area contributed by atoms with E-state index < -0.39 is 0 Å². The van der Waals surface area contributed by atoms with Crippen molar-refractivity contribution in [2.24, 2.45) is 7.05 Å². The lowest BCUT2D eigenvalue weighted by atomic mass is 10.1. The zero-order valence-corrected chi connectivity index (χ0v) is 8.59. The molecule has 0 radical (unpaired) electrons. The van der Waals surface area contributed by atoms with Gasteiger partial charge in [0.2, 0.25) is 0 Å². The second-order valence-electron chi connectivity index (χ2n) is 3.29. The van der Waals surface area contributed by atoms with Crippen molar-refractivity contribution in [3.63, 3.8) is 0 Å². The molecule has 0 aliphatic carbocycles. The van der Waals surface area contributed by atoms with E-state index in [0.29, 0.717) is 0 Å². The number of aryl methyl sites for hydroxylation is 2. The van der Waals surface area contributed by atoms with E-state index in [0.717, 1.165) is 12.2 Å². The van der Waals surface area contributed by atoms with Crippen LogP contribution in [-0.4, -0.2) is 10.3 Å². The Labute approximate surface area is 83.8 Å². The van der Waals surface area contributed by atoms with Gasteiger partial charge in [-0.05, 0) is 41.3 Å². The van der Waals surface area contributed by atoms with Crippen molar-refractivity contribution in [2.45, 2.75) is 6.42 Å². The summed E-state index contributed by atoms with van der Waals surface area (Å²) in [6.07, 6.45) is 3.14. The molecule has 0 fully saturated rings. The third-order valence-corrected chi connectivity index (χ3v) is 2.57. The summed E-state index contributed by atoms with van der Waals surface area (Å²) in [5.41, 5.74) is 2.66. The summed E-state index contributed by atoms with van der Waals surface area (Å²) in [4.78, 5) is 0. The predicted molar refractivity (Wildman–Crippen MR) is 60.5 cm³/mol. The van der Waals surface area contributed by atoms with E-state index in [2.05, 4.69) is 54.7 Å². The molecule has 0 unspecified atom stereocenters. The highest BCUT2D eigenvalue weighted by atomic mass is 32.1. The summed E-state index contributed by atoms with van der Waals surface area (Å²) < 4.78 is 2.14. The lowest BCUT2D eigenvalue weighted by molar-refractivity contribution is 0.968. The van der Waals surface area contributed by atoms with Crippen LogP contribution in [0.5, 0.6) is 0 Å². The minimum absolute atomic E-state index is 0.915. The fourth-order valence-corrected chi connectivity index (χ4v) is 1.87. The number of thiol groups is 1. The Balaban J connectivity index is 2.50. The fraction of sp³-hybridized carbons (Fsp3) is 0.273. The van der Waals surface area contributed by atoms with Gasteiger partial charge in [0.25, 0.3) is 0 Å². The van der Waals surface area contributed by atoms with Crippen LogP contribution in [-0.2, 0) is 13.5 Å². The molecule has 68 valence electrons. The summed E-state index contributed by atoms with van der Waals surface area (Å²) in [6, 6.07) is 8.75. The number of hydrogen-bond acceptors (Lipinski definition) is 1. The van der Waals surface area contributed by atoms with E-state index >= 15 is 0 Å². The molecule has 0 spiro atoms. The van der Waals surface area contributed by atoms with Crippen molar-refractivity contribution in [3.8, 4) is 0 Å². The number of aromatic nitrogens is 1. The molecule has 0 aliphatic heterocycles. The second-order valence-corrected chi connectivity index (χ2v) is 3.74. The molecule has 2 aromatic rings. The van der Waals surface area contributed by atoms with Crippen molar-refractivity contribution in [1.82, 2.24) is 4.57 Å². The molecule has 2 rings (SSSR count). The van der Waals surface area contributed by atoms with Crippen LogP contribution in [0.25, 0.3) is 10.9 Å². The van der Waals surface area contributed by atoms with Crippen molar-refractivity contribution in [2.75, 3.05) is 5.75 Å². The fourth-order valence-electron chi connectivity index (χ4n) is 1.62. The van der Waals surface area contributed by atoms with Crippen LogP contribution in [0.4, 0.5) is 0 Å². The first-order valence-corrected chi connectivity index (χ1v) is 5.09. The first-order chi connectivity index (χ1) is 6.31. The molecule has 0 saturated heterocycles. The Morgan fingerprint density at radius 2 is 2.15 bits per heavy atom. The molecule has 1 aromatic carbocycles. The minimum atomic E-state index is 0.915. The largest absolute Gasteiger partial charge is 0.351 e. The van der Waals surface area contributed by atoms with Crippen molar-refractivity contribution in [1.29, 1.82) is 0 Å². The van der Waals surface area contributed by atoms with Gasteiger partial charge >= 0.3 is 0 Å². The molecule has 0 aliphatic rings. The first-order valence-electron chi connectivity index (χ1n) is 4.46. The van der Waals surface area contributed by atoms with E-state index in [4.69, 9.17) is 0 Å². The normalized spacial score (nSPS) is 10.9. The maximum atomic E-state index is 4.23. The van der Waals surface area contributed by atoms with E-state index in [1.165, 1.54) is 16.5 Å². The van der Waals surface area contributed by atoms with Crippen LogP contribution < -0.4 is 0 Å². The number of rotatable bonds is 2. The maximum Gasteiger partial charge on any atom is 0.0477 e. The van der Waals surface area contributed by atoms with Crippen LogP contribution in [0.1, 0.15) is 5.56 Å². The topological polar surface area (TPSA) is 4.93 Å². The van der Waals surface area contributed by atoms with Crippen molar-refractivity contribution in [3.05, 3.63) is 36.0 Å². The Kier molecular flexibility index (Phi) is 2.32. The van der Waals surface area contributed by atoms with E-state index in [1.807, 2.05) is 0 Å². The molecule has 0 saturated carbocycles. The van der Waals surface area contributed by atoms with Gasteiger partial charge in [-0.15, -0.1) is 0 Å².